The predicted octanol–water partition coefficient (Wildman–Crippen LogP) is 4.16. The van der Waals surface area contributed by atoms with E-state index in [0.29, 0.717) is 12.6 Å². The maximum atomic E-state index is 13.3. The van der Waals surface area contributed by atoms with Crippen LogP contribution in [0.25, 0.3) is 10.2 Å². The second kappa shape index (κ2) is 8.65. The summed E-state index contributed by atoms with van der Waals surface area (Å²) in [7, 11) is 1.65. The van der Waals surface area contributed by atoms with Gasteiger partial charge in [-0.05, 0) is 48.1 Å². The number of ether oxygens (including phenoxy) is 1. The lowest BCUT2D eigenvalue weighted by Gasteiger charge is -2.23. The molecular weight excluding hydrogens is 406 g/mol. The van der Waals surface area contributed by atoms with Gasteiger partial charge in [-0.25, -0.2) is 4.98 Å². The smallest absolute Gasteiger partial charge is 0.262 e. The fraction of sp³-hybridized carbons (Fsp3) is 0.280. The third-order valence-electron chi connectivity index (χ3n) is 5.99. The molecule has 2 aromatic carbocycles. The maximum absolute atomic E-state index is 13.3. The van der Waals surface area contributed by atoms with Crippen molar-refractivity contribution in [1.82, 2.24) is 14.9 Å². The minimum Gasteiger partial charge on any atom is -0.497 e. The highest BCUT2D eigenvalue weighted by Gasteiger charge is 2.25. The van der Waals surface area contributed by atoms with Crippen molar-refractivity contribution in [1.29, 1.82) is 0 Å². The number of thiophene rings is 1. The summed E-state index contributed by atoms with van der Waals surface area (Å²) in [4.78, 5) is 20.1. The molecule has 0 saturated heterocycles. The maximum Gasteiger partial charge on any atom is 0.262 e. The largest absolute Gasteiger partial charge is 0.497 e. The third kappa shape index (κ3) is 4.13. The molecule has 6 heteroatoms. The molecule has 1 aliphatic rings. The van der Waals surface area contributed by atoms with Crippen LogP contribution in [0.15, 0.2) is 65.7 Å². The Morgan fingerprint density at radius 2 is 1.94 bits per heavy atom. The van der Waals surface area contributed by atoms with Crippen molar-refractivity contribution in [2.24, 2.45) is 0 Å². The van der Waals surface area contributed by atoms with Crippen LogP contribution in [0.5, 0.6) is 5.75 Å². The molecule has 2 aromatic heterocycles. The van der Waals surface area contributed by atoms with Gasteiger partial charge < -0.3 is 10.1 Å². The SMILES string of the molecule is COc1ccc(Cn2cnc3sc4c(c3c2=O)CC[C@H](NCc2ccccc2)C4)cc1. The molecule has 5 rings (SSSR count). The molecule has 0 spiro atoms. The van der Waals surface area contributed by atoms with Crippen LogP contribution in [0.4, 0.5) is 0 Å². The summed E-state index contributed by atoms with van der Waals surface area (Å²) >= 11 is 1.68. The van der Waals surface area contributed by atoms with Crippen molar-refractivity contribution in [2.45, 2.75) is 38.4 Å². The molecule has 0 amide bonds. The minimum absolute atomic E-state index is 0.0639. The van der Waals surface area contributed by atoms with Crippen molar-refractivity contribution >= 4 is 21.6 Å². The van der Waals surface area contributed by atoms with E-state index in [1.807, 2.05) is 30.3 Å². The molecule has 0 aliphatic heterocycles. The zero-order valence-corrected chi connectivity index (χ0v) is 18.3. The Bertz CT molecular complexity index is 1250. The van der Waals surface area contributed by atoms with E-state index in [-0.39, 0.29) is 5.56 Å². The van der Waals surface area contributed by atoms with E-state index in [2.05, 4.69) is 34.6 Å². The van der Waals surface area contributed by atoms with Crippen LogP contribution >= 0.6 is 11.3 Å². The number of benzene rings is 2. The second-order valence-corrected chi connectivity index (χ2v) is 9.10. The fourth-order valence-electron chi connectivity index (χ4n) is 4.27. The quantitative estimate of drug-likeness (QED) is 0.498. The molecule has 4 aromatic rings. The van der Waals surface area contributed by atoms with E-state index in [9.17, 15) is 4.79 Å². The lowest BCUT2D eigenvalue weighted by Crippen LogP contribution is -2.33. The lowest BCUT2D eigenvalue weighted by molar-refractivity contribution is 0.414. The molecular formula is C25H25N3O2S. The molecule has 1 atom stereocenters. The molecule has 0 bridgehead atoms. The highest BCUT2D eigenvalue weighted by molar-refractivity contribution is 7.18. The van der Waals surface area contributed by atoms with Gasteiger partial charge in [0.1, 0.15) is 10.6 Å². The van der Waals surface area contributed by atoms with Crippen LogP contribution in [-0.4, -0.2) is 22.7 Å². The third-order valence-corrected chi connectivity index (χ3v) is 7.15. The van der Waals surface area contributed by atoms with Crippen LogP contribution < -0.4 is 15.6 Å². The molecule has 0 radical (unpaired) electrons. The molecule has 0 fully saturated rings. The Hall–Kier alpha value is -2.96. The summed E-state index contributed by atoms with van der Waals surface area (Å²) in [6.07, 6.45) is 4.60. The van der Waals surface area contributed by atoms with Crippen LogP contribution in [0.2, 0.25) is 0 Å². The van der Waals surface area contributed by atoms with Gasteiger partial charge in [0.2, 0.25) is 0 Å². The number of fused-ring (bicyclic) bond motifs is 3. The van der Waals surface area contributed by atoms with Gasteiger partial charge in [-0.2, -0.15) is 0 Å². The summed E-state index contributed by atoms with van der Waals surface area (Å²) in [6, 6.07) is 18.7. The number of methoxy groups -OCH3 is 1. The van der Waals surface area contributed by atoms with Crippen molar-refractivity contribution < 1.29 is 4.74 Å². The number of aryl methyl sites for hydroxylation is 1. The molecule has 0 saturated carbocycles. The predicted molar refractivity (Wildman–Crippen MR) is 125 cm³/mol. The summed E-state index contributed by atoms with van der Waals surface area (Å²) < 4.78 is 6.94. The van der Waals surface area contributed by atoms with E-state index >= 15 is 0 Å². The number of nitrogens with one attached hydrogen (secondary N) is 1. The molecule has 0 unspecified atom stereocenters. The lowest BCUT2D eigenvalue weighted by atomic mass is 9.93. The average Bonchev–Trinajstić information content (AvgIpc) is 3.19. The van der Waals surface area contributed by atoms with Gasteiger partial charge in [0.15, 0.2) is 0 Å². The topological polar surface area (TPSA) is 56.2 Å². The fourth-order valence-corrected chi connectivity index (χ4v) is 5.53. The van der Waals surface area contributed by atoms with Crippen LogP contribution in [-0.2, 0) is 25.9 Å². The van der Waals surface area contributed by atoms with E-state index in [0.717, 1.165) is 47.3 Å². The summed E-state index contributed by atoms with van der Waals surface area (Å²) in [5.41, 5.74) is 3.62. The highest BCUT2D eigenvalue weighted by Crippen LogP contribution is 2.33. The zero-order chi connectivity index (χ0) is 21.2. The van der Waals surface area contributed by atoms with Crippen molar-refractivity contribution in [2.75, 3.05) is 7.11 Å². The van der Waals surface area contributed by atoms with E-state index < -0.39 is 0 Å². The second-order valence-electron chi connectivity index (χ2n) is 8.02. The van der Waals surface area contributed by atoms with Crippen molar-refractivity contribution in [3.05, 3.63) is 92.8 Å². The van der Waals surface area contributed by atoms with Gasteiger partial charge in [0, 0.05) is 17.5 Å². The van der Waals surface area contributed by atoms with Crippen molar-refractivity contribution in [3.63, 3.8) is 0 Å². The molecule has 1 aliphatic carbocycles. The first-order valence-corrected chi connectivity index (χ1v) is 11.4. The summed E-state index contributed by atoms with van der Waals surface area (Å²) in [5, 5.41) is 4.50. The van der Waals surface area contributed by atoms with Gasteiger partial charge >= 0.3 is 0 Å². The molecule has 1 N–H and O–H groups in total. The number of nitrogens with zero attached hydrogens (tertiary/aromatic N) is 2. The van der Waals surface area contributed by atoms with Crippen molar-refractivity contribution in [3.8, 4) is 5.75 Å². The van der Waals surface area contributed by atoms with Gasteiger partial charge in [0.05, 0.1) is 25.4 Å². The number of hydrogen-bond acceptors (Lipinski definition) is 5. The number of aromatic nitrogens is 2. The zero-order valence-electron chi connectivity index (χ0n) is 17.5. The van der Waals surface area contributed by atoms with E-state index in [4.69, 9.17) is 4.74 Å². The van der Waals surface area contributed by atoms with Gasteiger partial charge in [0.25, 0.3) is 5.56 Å². The Morgan fingerprint density at radius 3 is 2.71 bits per heavy atom. The average molecular weight is 432 g/mol. The molecule has 31 heavy (non-hydrogen) atoms. The van der Waals surface area contributed by atoms with Gasteiger partial charge in [-0.1, -0.05) is 42.5 Å². The summed E-state index contributed by atoms with van der Waals surface area (Å²) in [5.74, 6) is 0.812. The molecule has 2 heterocycles. The first-order chi connectivity index (χ1) is 15.2. The van der Waals surface area contributed by atoms with Gasteiger partial charge in [-0.15, -0.1) is 11.3 Å². The monoisotopic (exact) mass is 431 g/mol. The first kappa shape index (κ1) is 20.0. The molecule has 158 valence electrons. The van der Waals surface area contributed by atoms with E-state index in [1.54, 1.807) is 29.3 Å². The Morgan fingerprint density at radius 1 is 1.13 bits per heavy atom. The van der Waals surface area contributed by atoms with E-state index in [1.165, 1.54) is 16.0 Å². The van der Waals surface area contributed by atoms with Crippen LogP contribution in [0.1, 0.15) is 28.0 Å². The number of rotatable bonds is 6. The van der Waals surface area contributed by atoms with Crippen LogP contribution in [0, 0.1) is 0 Å². The van der Waals surface area contributed by atoms with Gasteiger partial charge in [-0.3, -0.25) is 9.36 Å². The molecule has 5 nitrogen and oxygen atoms in total. The normalized spacial score (nSPS) is 15.7. The Kier molecular flexibility index (Phi) is 5.57. The minimum atomic E-state index is 0.0639. The summed E-state index contributed by atoms with van der Waals surface area (Å²) in [6.45, 7) is 1.39. The number of hydrogen-bond donors (Lipinski definition) is 1. The highest BCUT2D eigenvalue weighted by atomic mass is 32.1. The Balaban J connectivity index is 1.36. The Labute approximate surface area is 185 Å². The first-order valence-electron chi connectivity index (χ1n) is 10.6. The standard InChI is InChI=1S/C25H25N3O2S/c1-30-20-10-7-18(8-11-20)15-28-16-27-24-23(25(28)29)21-12-9-19(13-22(21)31-24)26-14-17-5-3-2-4-6-17/h2-8,10-11,16,19,26H,9,12-15H2,1H3/t19-/m0/s1. The van der Waals surface area contributed by atoms with Crippen LogP contribution in [0.3, 0.4) is 0 Å².